The highest BCUT2D eigenvalue weighted by atomic mass is 15.0. The van der Waals surface area contributed by atoms with Gasteiger partial charge in [0.15, 0.2) is 0 Å². The van der Waals surface area contributed by atoms with Crippen molar-refractivity contribution in [1.82, 2.24) is 15.3 Å². The third kappa shape index (κ3) is 3.74. The van der Waals surface area contributed by atoms with E-state index in [0.29, 0.717) is 0 Å². The Labute approximate surface area is 275 Å². The van der Waals surface area contributed by atoms with Crippen molar-refractivity contribution >= 4 is 84.5 Å². The van der Waals surface area contributed by atoms with Gasteiger partial charge in [-0.05, 0) is 75.7 Å². The first-order chi connectivity index (χ1) is 23.7. The highest BCUT2D eigenvalue weighted by Crippen LogP contribution is 2.38. The molecule has 11 rings (SSSR count). The van der Waals surface area contributed by atoms with Gasteiger partial charge in [0.25, 0.3) is 0 Å². The molecule has 6 aromatic carbocycles. The molecule has 224 valence electrons. The zero-order chi connectivity index (χ0) is 31.3. The van der Waals surface area contributed by atoms with Crippen LogP contribution in [0.3, 0.4) is 0 Å². The molecular formula is C44H28N4. The van der Waals surface area contributed by atoms with Gasteiger partial charge in [-0.25, -0.2) is 4.99 Å². The van der Waals surface area contributed by atoms with E-state index in [2.05, 4.69) is 161 Å². The Morgan fingerprint density at radius 2 is 1.04 bits per heavy atom. The lowest BCUT2D eigenvalue weighted by atomic mass is 10.0. The fourth-order valence-electron chi connectivity index (χ4n) is 7.98. The monoisotopic (exact) mass is 612 g/mol. The number of aliphatic imine (C=N–C) groups is 1. The Balaban J connectivity index is 1.27. The molecule has 3 aliphatic heterocycles. The molecule has 3 N–H and O–H groups in total. The highest BCUT2D eigenvalue weighted by Gasteiger charge is 2.26. The Kier molecular flexibility index (Phi) is 5.13. The van der Waals surface area contributed by atoms with Gasteiger partial charge < -0.3 is 15.3 Å². The molecule has 1 atom stereocenters. The zero-order valence-electron chi connectivity index (χ0n) is 25.9. The highest BCUT2D eigenvalue weighted by molar-refractivity contribution is 6.28. The maximum Gasteiger partial charge on any atom is 0.0737 e. The second kappa shape index (κ2) is 9.57. The summed E-state index contributed by atoms with van der Waals surface area (Å²) in [6.07, 6.45) is 9.09. The van der Waals surface area contributed by atoms with Crippen LogP contribution in [0.1, 0.15) is 39.7 Å². The molecule has 5 heterocycles. The van der Waals surface area contributed by atoms with E-state index >= 15 is 0 Å². The van der Waals surface area contributed by atoms with Crippen LogP contribution < -0.4 is 16.0 Å². The molecule has 0 aliphatic carbocycles. The predicted octanol–water partition coefficient (Wildman–Crippen LogP) is 8.67. The van der Waals surface area contributed by atoms with E-state index in [1.54, 1.807) is 0 Å². The Morgan fingerprint density at radius 3 is 1.75 bits per heavy atom. The maximum atomic E-state index is 5.31. The minimum Gasteiger partial charge on any atom is -0.374 e. The summed E-state index contributed by atoms with van der Waals surface area (Å²) in [6, 6.07) is 43.8. The van der Waals surface area contributed by atoms with Crippen molar-refractivity contribution in [3.8, 4) is 0 Å². The molecule has 8 aromatic rings. The van der Waals surface area contributed by atoms with E-state index in [4.69, 9.17) is 4.99 Å². The molecule has 3 aliphatic rings. The Bertz CT molecular complexity index is 2920. The number of nitrogens with zero attached hydrogens (tertiary/aromatic N) is 1. The smallest absolute Gasteiger partial charge is 0.0737 e. The maximum absolute atomic E-state index is 5.31. The Morgan fingerprint density at radius 1 is 0.479 bits per heavy atom. The van der Waals surface area contributed by atoms with Crippen molar-refractivity contribution in [3.63, 3.8) is 0 Å². The number of benzene rings is 6. The summed E-state index contributed by atoms with van der Waals surface area (Å²) in [4.78, 5) is 13.0. The lowest BCUT2D eigenvalue weighted by Gasteiger charge is -2.07. The van der Waals surface area contributed by atoms with E-state index in [1.165, 1.54) is 54.2 Å². The molecule has 0 amide bonds. The van der Waals surface area contributed by atoms with E-state index in [9.17, 15) is 0 Å². The van der Waals surface area contributed by atoms with Crippen LogP contribution in [-0.2, 0) is 0 Å². The van der Waals surface area contributed by atoms with E-state index in [0.717, 1.165) is 50.3 Å². The summed E-state index contributed by atoms with van der Waals surface area (Å²) >= 11 is 0. The molecule has 0 spiro atoms. The Hall–Kier alpha value is -6.39. The van der Waals surface area contributed by atoms with Crippen molar-refractivity contribution in [2.24, 2.45) is 4.99 Å². The first-order valence-corrected chi connectivity index (χ1v) is 16.5. The number of H-pyrrole nitrogens is 2. The number of hydrogen-bond acceptors (Lipinski definition) is 2. The van der Waals surface area contributed by atoms with Crippen LogP contribution in [0.4, 0.5) is 0 Å². The summed E-state index contributed by atoms with van der Waals surface area (Å²) in [5.74, 6) is 0. The van der Waals surface area contributed by atoms with Gasteiger partial charge in [-0.2, -0.15) is 0 Å². The minimum atomic E-state index is -0.000835. The lowest BCUT2D eigenvalue weighted by molar-refractivity contribution is 0.852. The molecule has 48 heavy (non-hydrogen) atoms. The molecule has 0 saturated carbocycles. The summed E-state index contributed by atoms with van der Waals surface area (Å²) in [6.45, 7) is 0. The van der Waals surface area contributed by atoms with Crippen LogP contribution in [0.25, 0.3) is 78.8 Å². The number of hydrogen-bond donors (Lipinski definition) is 3. The quantitative estimate of drug-likeness (QED) is 0.158. The normalized spacial score (nSPS) is 18.7. The zero-order valence-corrected chi connectivity index (χ0v) is 25.9. The number of aromatic nitrogens is 2. The lowest BCUT2D eigenvalue weighted by Crippen LogP contribution is -2.16. The van der Waals surface area contributed by atoms with Crippen LogP contribution >= 0.6 is 0 Å². The largest absolute Gasteiger partial charge is 0.374 e. The first kappa shape index (κ1) is 25.8. The molecular weight excluding hydrogens is 585 g/mol. The first-order valence-electron chi connectivity index (χ1n) is 16.5. The SMILES string of the molecule is C1=C2N=C(/C=c3\[nH]/c(c4cc5ccccc5cc34)=C\C3N/C(=C\c4[nH]c1c1cc5ccccc5cc41)c1ccccc13)c1ccccc12. The van der Waals surface area contributed by atoms with Crippen molar-refractivity contribution in [1.29, 1.82) is 0 Å². The molecule has 8 bridgehead atoms. The average Bonchev–Trinajstić information content (AvgIpc) is 3.85. The van der Waals surface area contributed by atoms with Gasteiger partial charge in [0.2, 0.25) is 0 Å². The second-order valence-corrected chi connectivity index (χ2v) is 13.0. The van der Waals surface area contributed by atoms with Crippen molar-refractivity contribution in [2.75, 3.05) is 0 Å². The average molecular weight is 613 g/mol. The number of fused-ring (bicyclic) bond motifs is 21. The van der Waals surface area contributed by atoms with Gasteiger partial charge in [0.1, 0.15) is 0 Å². The molecule has 1 unspecified atom stereocenters. The van der Waals surface area contributed by atoms with E-state index in [-0.39, 0.29) is 6.04 Å². The van der Waals surface area contributed by atoms with Gasteiger partial charge in [-0.3, -0.25) is 0 Å². The minimum absolute atomic E-state index is 0.000835. The predicted molar refractivity (Wildman–Crippen MR) is 201 cm³/mol. The molecule has 0 fully saturated rings. The van der Waals surface area contributed by atoms with Crippen LogP contribution in [0.5, 0.6) is 0 Å². The summed E-state index contributed by atoms with van der Waals surface area (Å²) < 4.78 is 0. The van der Waals surface area contributed by atoms with E-state index < -0.39 is 0 Å². The van der Waals surface area contributed by atoms with Crippen molar-refractivity contribution in [2.45, 2.75) is 6.04 Å². The third-order valence-electron chi connectivity index (χ3n) is 10.3. The molecule has 2 aromatic heterocycles. The van der Waals surface area contributed by atoms with Gasteiger partial charge in [0, 0.05) is 66.0 Å². The molecule has 4 nitrogen and oxygen atoms in total. The van der Waals surface area contributed by atoms with Gasteiger partial charge in [-0.15, -0.1) is 0 Å². The standard InChI is InChI=1S/C44H28N4/c1-2-10-26-18-34-33(17-25(26)9-1)41-21-37-29-13-5-6-14-30(29)39(45-37)23-43-35-19-27-11-3-4-12-28(27)20-36(35)44(48-43)24-40-32-16-8-7-15-31(32)38(46-40)22-42(34)47-41/h1-24,37,45,47-48H/b39-23-,40-24?,41-21-,42-22-. The van der Waals surface area contributed by atoms with Crippen molar-refractivity contribution < 1.29 is 0 Å². The summed E-state index contributed by atoms with van der Waals surface area (Å²) in [5, 5.41) is 15.7. The third-order valence-corrected chi connectivity index (χ3v) is 10.3. The molecule has 0 saturated heterocycles. The van der Waals surface area contributed by atoms with Crippen LogP contribution in [0, 0.1) is 0 Å². The van der Waals surface area contributed by atoms with Crippen LogP contribution in [0.15, 0.2) is 126 Å². The van der Waals surface area contributed by atoms with Gasteiger partial charge in [-0.1, -0.05) is 97.1 Å². The number of nitrogens with one attached hydrogen (secondary N) is 3. The topological polar surface area (TPSA) is 56.0 Å². The fraction of sp³-hybridized carbons (Fsp3) is 0.0227. The van der Waals surface area contributed by atoms with Crippen LogP contribution in [0.2, 0.25) is 0 Å². The number of aromatic amines is 2. The summed E-state index contributed by atoms with van der Waals surface area (Å²) in [5.41, 5.74) is 9.92. The van der Waals surface area contributed by atoms with Crippen molar-refractivity contribution in [3.05, 3.63) is 166 Å². The second-order valence-electron chi connectivity index (χ2n) is 13.0. The van der Waals surface area contributed by atoms with Gasteiger partial charge >= 0.3 is 0 Å². The van der Waals surface area contributed by atoms with Gasteiger partial charge in [0.05, 0.1) is 17.5 Å². The van der Waals surface area contributed by atoms with Crippen LogP contribution in [-0.4, -0.2) is 15.7 Å². The fourth-order valence-corrected chi connectivity index (χ4v) is 7.98. The summed E-state index contributed by atoms with van der Waals surface area (Å²) in [7, 11) is 0. The molecule has 4 heteroatoms. The number of rotatable bonds is 0. The molecule has 0 radical (unpaired) electrons. The van der Waals surface area contributed by atoms with E-state index in [1.807, 2.05) is 0 Å².